The summed E-state index contributed by atoms with van der Waals surface area (Å²) in [7, 11) is 0. The quantitative estimate of drug-likeness (QED) is 0.163. The van der Waals surface area contributed by atoms with Crippen LogP contribution < -0.4 is 0 Å². The van der Waals surface area contributed by atoms with E-state index >= 15 is 0 Å². The van der Waals surface area contributed by atoms with Crippen molar-refractivity contribution in [2.45, 2.75) is 105 Å². The summed E-state index contributed by atoms with van der Waals surface area (Å²) in [5.41, 5.74) is 0.00960. The van der Waals surface area contributed by atoms with Crippen molar-refractivity contribution in [3.63, 3.8) is 0 Å². The van der Waals surface area contributed by atoms with Crippen molar-refractivity contribution in [3.8, 4) is 0 Å². The lowest BCUT2D eigenvalue weighted by molar-refractivity contribution is -0.192. The topological polar surface area (TPSA) is 18.5 Å². The molecule has 0 amide bonds. The normalized spacial score (nSPS) is 12.9. The van der Waals surface area contributed by atoms with E-state index in [1.165, 1.54) is 51.4 Å². The highest BCUT2D eigenvalue weighted by Gasteiger charge is 2.25. The maximum atomic E-state index is 6.00. The van der Waals surface area contributed by atoms with E-state index in [9.17, 15) is 0 Å². The number of ether oxygens (including phenoxy) is 2. The minimum absolute atomic E-state index is 0.00960. The molecule has 0 heterocycles. The van der Waals surface area contributed by atoms with Gasteiger partial charge in [-0.05, 0) is 38.5 Å². The zero-order valence-corrected chi connectivity index (χ0v) is 17.7. The van der Waals surface area contributed by atoms with Crippen molar-refractivity contribution in [1.29, 1.82) is 0 Å². The SMILES string of the molecule is CCCCC/C=C\CCOC(OCC/C=C\CCCCC)C(C)(C)C. The van der Waals surface area contributed by atoms with Crippen molar-refractivity contribution >= 4 is 0 Å². The van der Waals surface area contributed by atoms with Gasteiger partial charge in [-0.3, -0.25) is 0 Å². The first-order chi connectivity index (χ1) is 12.0. The molecular weight excluding hydrogens is 308 g/mol. The van der Waals surface area contributed by atoms with Gasteiger partial charge in [-0.1, -0.05) is 84.6 Å². The number of unbranched alkanes of at least 4 members (excludes halogenated alkanes) is 6. The van der Waals surface area contributed by atoms with Crippen LogP contribution in [-0.4, -0.2) is 19.5 Å². The monoisotopic (exact) mass is 352 g/mol. The molecular formula is C23H44O2. The second-order valence-electron chi connectivity index (χ2n) is 7.95. The molecule has 0 aromatic heterocycles. The summed E-state index contributed by atoms with van der Waals surface area (Å²) >= 11 is 0. The molecule has 148 valence electrons. The van der Waals surface area contributed by atoms with Crippen LogP contribution in [0.4, 0.5) is 0 Å². The van der Waals surface area contributed by atoms with E-state index in [0.29, 0.717) is 0 Å². The third-order valence-electron chi connectivity index (χ3n) is 4.10. The lowest BCUT2D eigenvalue weighted by atomic mass is 9.96. The Morgan fingerprint density at radius 3 is 1.40 bits per heavy atom. The van der Waals surface area contributed by atoms with Gasteiger partial charge in [-0.25, -0.2) is 0 Å². The summed E-state index contributed by atoms with van der Waals surface area (Å²) in [4.78, 5) is 0. The molecule has 0 bridgehead atoms. The van der Waals surface area contributed by atoms with Crippen LogP contribution in [0.15, 0.2) is 24.3 Å². The van der Waals surface area contributed by atoms with E-state index < -0.39 is 0 Å². The second-order valence-corrected chi connectivity index (χ2v) is 7.95. The molecule has 0 aromatic carbocycles. The van der Waals surface area contributed by atoms with E-state index in [1.54, 1.807) is 0 Å². The summed E-state index contributed by atoms with van der Waals surface area (Å²) in [6, 6.07) is 0. The van der Waals surface area contributed by atoms with Crippen LogP contribution in [0.1, 0.15) is 98.8 Å². The van der Waals surface area contributed by atoms with E-state index in [1.807, 2.05) is 0 Å². The molecule has 2 nitrogen and oxygen atoms in total. The Labute approximate surface area is 158 Å². The third kappa shape index (κ3) is 16.6. The highest BCUT2D eigenvalue weighted by molar-refractivity contribution is 4.82. The molecule has 0 saturated carbocycles. The van der Waals surface area contributed by atoms with Gasteiger partial charge >= 0.3 is 0 Å². The zero-order chi connectivity index (χ0) is 18.8. The maximum Gasteiger partial charge on any atom is 0.162 e. The van der Waals surface area contributed by atoms with E-state index in [2.05, 4.69) is 58.9 Å². The van der Waals surface area contributed by atoms with Gasteiger partial charge in [0.05, 0.1) is 13.2 Å². The number of allylic oxidation sites excluding steroid dienone is 2. The first kappa shape index (κ1) is 24.4. The Hall–Kier alpha value is -0.600. The molecule has 25 heavy (non-hydrogen) atoms. The molecule has 0 radical (unpaired) electrons. The van der Waals surface area contributed by atoms with E-state index in [4.69, 9.17) is 9.47 Å². The minimum atomic E-state index is -0.130. The van der Waals surface area contributed by atoms with Crippen LogP contribution in [-0.2, 0) is 9.47 Å². The van der Waals surface area contributed by atoms with Crippen LogP contribution in [0.5, 0.6) is 0 Å². The van der Waals surface area contributed by atoms with Gasteiger partial charge in [0.2, 0.25) is 0 Å². The average molecular weight is 353 g/mol. The van der Waals surface area contributed by atoms with Crippen molar-refractivity contribution < 1.29 is 9.47 Å². The molecule has 2 heteroatoms. The van der Waals surface area contributed by atoms with Gasteiger partial charge in [0, 0.05) is 5.41 Å². The van der Waals surface area contributed by atoms with Crippen molar-refractivity contribution in [2.24, 2.45) is 5.41 Å². The molecule has 0 saturated heterocycles. The first-order valence-corrected chi connectivity index (χ1v) is 10.6. The second kappa shape index (κ2) is 16.8. The predicted octanol–water partition coefficient (Wildman–Crippen LogP) is 7.45. The first-order valence-electron chi connectivity index (χ1n) is 10.6. The molecule has 0 rings (SSSR count). The fraction of sp³-hybridized carbons (Fsp3) is 0.826. The lowest BCUT2D eigenvalue weighted by Gasteiger charge is -2.30. The molecule has 0 unspecified atom stereocenters. The van der Waals surface area contributed by atoms with Crippen LogP contribution >= 0.6 is 0 Å². The fourth-order valence-electron chi connectivity index (χ4n) is 2.53. The summed E-state index contributed by atoms with van der Waals surface area (Å²) in [5.74, 6) is 0. The van der Waals surface area contributed by atoms with Gasteiger partial charge in [0.1, 0.15) is 0 Å². The number of hydrogen-bond acceptors (Lipinski definition) is 2. The molecule has 0 N–H and O–H groups in total. The Kier molecular flexibility index (Phi) is 16.4. The van der Waals surface area contributed by atoms with Crippen molar-refractivity contribution in [1.82, 2.24) is 0 Å². The van der Waals surface area contributed by atoms with Crippen LogP contribution in [0, 0.1) is 5.41 Å². The van der Waals surface area contributed by atoms with E-state index in [0.717, 1.165) is 26.1 Å². The van der Waals surface area contributed by atoms with Gasteiger partial charge < -0.3 is 9.47 Å². The fourth-order valence-corrected chi connectivity index (χ4v) is 2.53. The summed E-state index contributed by atoms with van der Waals surface area (Å²) in [5, 5.41) is 0. The molecule has 0 aliphatic rings. The summed E-state index contributed by atoms with van der Waals surface area (Å²) in [6.45, 7) is 12.5. The van der Waals surface area contributed by atoms with Gasteiger partial charge in [0.25, 0.3) is 0 Å². The summed E-state index contributed by atoms with van der Waals surface area (Å²) < 4.78 is 12.0. The predicted molar refractivity (Wildman–Crippen MR) is 111 cm³/mol. The number of rotatable bonds is 16. The van der Waals surface area contributed by atoms with Gasteiger partial charge in [-0.15, -0.1) is 0 Å². The van der Waals surface area contributed by atoms with Crippen LogP contribution in [0.25, 0.3) is 0 Å². The molecule has 0 aliphatic heterocycles. The average Bonchev–Trinajstić information content (AvgIpc) is 2.56. The van der Waals surface area contributed by atoms with Gasteiger partial charge in [0.15, 0.2) is 6.29 Å². The molecule has 0 aliphatic carbocycles. The third-order valence-corrected chi connectivity index (χ3v) is 4.10. The van der Waals surface area contributed by atoms with Crippen molar-refractivity contribution in [2.75, 3.05) is 13.2 Å². The highest BCUT2D eigenvalue weighted by atomic mass is 16.7. The standard InChI is InChI=1S/C23H44O2/c1-6-8-10-12-14-16-18-20-24-22(23(3,4)5)25-21-19-17-15-13-11-9-7-2/h14-17,22H,6-13,18-21H2,1-5H3/b16-14-,17-15-. The van der Waals surface area contributed by atoms with Gasteiger partial charge in [-0.2, -0.15) is 0 Å². The molecule has 0 aromatic rings. The lowest BCUT2D eigenvalue weighted by Crippen LogP contribution is -2.32. The van der Waals surface area contributed by atoms with Crippen LogP contribution in [0.3, 0.4) is 0 Å². The minimum Gasteiger partial charge on any atom is -0.352 e. The van der Waals surface area contributed by atoms with E-state index in [-0.39, 0.29) is 11.7 Å². The smallest absolute Gasteiger partial charge is 0.162 e. The molecule has 0 spiro atoms. The Morgan fingerprint density at radius 2 is 1.04 bits per heavy atom. The zero-order valence-electron chi connectivity index (χ0n) is 17.7. The maximum absolute atomic E-state index is 6.00. The largest absolute Gasteiger partial charge is 0.352 e. The van der Waals surface area contributed by atoms with Crippen molar-refractivity contribution in [3.05, 3.63) is 24.3 Å². The summed E-state index contributed by atoms with van der Waals surface area (Å²) in [6.07, 6.45) is 21.1. The molecule has 0 atom stereocenters. The Morgan fingerprint density at radius 1 is 0.640 bits per heavy atom. The highest BCUT2D eigenvalue weighted by Crippen LogP contribution is 2.23. The Bertz CT molecular complexity index is 299. The Balaban J connectivity index is 3.87. The number of hydrogen-bond donors (Lipinski definition) is 0. The van der Waals surface area contributed by atoms with Crippen LogP contribution in [0.2, 0.25) is 0 Å². The molecule has 0 fully saturated rings.